The Bertz CT molecular complexity index is 609. The second-order valence-electron chi connectivity index (χ2n) is 6.71. The minimum Gasteiger partial charge on any atom is -0.398 e. The van der Waals surface area contributed by atoms with Gasteiger partial charge in [-0.05, 0) is 49.3 Å². The van der Waals surface area contributed by atoms with E-state index in [4.69, 9.17) is 5.73 Å². The summed E-state index contributed by atoms with van der Waals surface area (Å²) in [5, 5.41) is 5.90. The first kappa shape index (κ1) is 13.2. The van der Waals surface area contributed by atoms with Gasteiger partial charge in [0.2, 0.25) is 0 Å². The van der Waals surface area contributed by atoms with Crippen molar-refractivity contribution in [2.45, 2.75) is 45.6 Å². The minimum absolute atomic E-state index is 0.503. The Balaban J connectivity index is 1.83. The molecule has 1 aromatic heterocycles. The van der Waals surface area contributed by atoms with Crippen LogP contribution in [0.1, 0.15) is 39.5 Å². The molecule has 3 N–H and O–H groups in total. The predicted molar refractivity (Wildman–Crippen MR) is 85.8 cm³/mol. The van der Waals surface area contributed by atoms with E-state index in [9.17, 15) is 0 Å². The van der Waals surface area contributed by atoms with Crippen molar-refractivity contribution in [3.63, 3.8) is 0 Å². The molecular formula is C17H23N3. The van der Waals surface area contributed by atoms with Gasteiger partial charge in [-0.1, -0.05) is 13.8 Å². The third kappa shape index (κ3) is 2.58. The molecule has 0 atom stereocenters. The Morgan fingerprint density at radius 3 is 2.65 bits per heavy atom. The molecule has 20 heavy (non-hydrogen) atoms. The number of pyridine rings is 1. The number of hydrogen-bond acceptors (Lipinski definition) is 3. The van der Waals surface area contributed by atoms with E-state index >= 15 is 0 Å². The summed E-state index contributed by atoms with van der Waals surface area (Å²) < 4.78 is 0. The van der Waals surface area contributed by atoms with Gasteiger partial charge >= 0.3 is 0 Å². The zero-order chi connectivity index (χ0) is 14.2. The van der Waals surface area contributed by atoms with Crippen LogP contribution in [0.5, 0.6) is 0 Å². The monoisotopic (exact) mass is 269 g/mol. The van der Waals surface area contributed by atoms with Crippen molar-refractivity contribution in [1.29, 1.82) is 0 Å². The third-order valence-corrected chi connectivity index (χ3v) is 4.55. The standard InChI is InChI=1S/C17H23N3/c1-17(2)8-5-12(6-9-17)20-16-4-3-15(18)13-7-10-19-11-14(13)16/h3-4,7,10-12,20H,5-6,8-9,18H2,1-2H3. The number of nitrogen functional groups attached to an aromatic ring is 1. The summed E-state index contributed by atoms with van der Waals surface area (Å²) in [5.41, 5.74) is 8.52. The van der Waals surface area contributed by atoms with E-state index in [-0.39, 0.29) is 0 Å². The average Bonchev–Trinajstić information content (AvgIpc) is 2.44. The molecule has 0 spiro atoms. The smallest absolute Gasteiger partial charge is 0.0439 e. The minimum atomic E-state index is 0.503. The van der Waals surface area contributed by atoms with Crippen molar-refractivity contribution in [3.8, 4) is 0 Å². The molecule has 0 saturated heterocycles. The largest absolute Gasteiger partial charge is 0.398 e. The van der Waals surface area contributed by atoms with Gasteiger partial charge in [0.25, 0.3) is 0 Å². The molecular weight excluding hydrogens is 246 g/mol. The Morgan fingerprint density at radius 1 is 1.15 bits per heavy atom. The molecule has 0 amide bonds. The summed E-state index contributed by atoms with van der Waals surface area (Å²) in [4.78, 5) is 4.24. The fourth-order valence-corrected chi connectivity index (χ4v) is 3.10. The normalized spacial score (nSPS) is 19.1. The summed E-state index contributed by atoms with van der Waals surface area (Å²) in [6.07, 6.45) is 8.75. The van der Waals surface area contributed by atoms with Crippen LogP contribution in [0, 0.1) is 5.41 Å². The SMILES string of the molecule is CC1(C)CCC(Nc2ccc(N)c3ccncc23)CC1. The lowest BCUT2D eigenvalue weighted by Crippen LogP contribution is -2.29. The number of aromatic nitrogens is 1. The number of rotatable bonds is 2. The van der Waals surface area contributed by atoms with Gasteiger partial charge in [-0.3, -0.25) is 4.98 Å². The van der Waals surface area contributed by atoms with E-state index in [1.807, 2.05) is 18.3 Å². The molecule has 1 saturated carbocycles. The van der Waals surface area contributed by atoms with Gasteiger partial charge in [0.1, 0.15) is 0 Å². The lowest BCUT2D eigenvalue weighted by Gasteiger charge is -2.35. The average molecular weight is 269 g/mol. The second kappa shape index (κ2) is 4.97. The van der Waals surface area contributed by atoms with Crippen LogP contribution in [0.4, 0.5) is 11.4 Å². The van der Waals surface area contributed by atoms with Gasteiger partial charge in [0.15, 0.2) is 0 Å². The zero-order valence-corrected chi connectivity index (χ0v) is 12.3. The molecule has 0 bridgehead atoms. The van der Waals surface area contributed by atoms with E-state index in [2.05, 4.69) is 30.2 Å². The zero-order valence-electron chi connectivity index (χ0n) is 12.3. The lowest BCUT2D eigenvalue weighted by molar-refractivity contribution is 0.232. The Hall–Kier alpha value is -1.77. The van der Waals surface area contributed by atoms with E-state index in [1.54, 1.807) is 6.20 Å². The number of nitrogens with one attached hydrogen (secondary N) is 1. The van der Waals surface area contributed by atoms with Crippen LogP contribution in [0.25, 0.3) is 10.8 Å². The van der Waals surface area contributed by atoms with Crippen LogP contribution in [0.15, 0.2) is 30.6 Å². The lowest BCUT2D eigenvalue weighted by atomic mass is 9.75. The molecule has 3 heteroatoms. The molecule has 3 rings (SSSR count). The number of nitrogens with zero attached hydrogens (tertiary/aromatic N) is 1. The molecule has 0 aliphatic heterocycles. The van der Waals surface area contributed by atoms with Gasteiger partial charge in [-0.25, -0.2) is 0 Å². The molecule has 1 aliphatic rings. The van der Waals surface area contributed by atoms with E-state index in [0.29, 0.717) is 11.5 Å². The number of benzene rings is 1. The molecule has 0 unspecified atom stereocenters. The molecule has 106 valence electrons. The van der Waals surface area contributed by atoms with Crippen molar-refractivity contribution in [1.82, 2.24) is 4.98 Å². The van der Waals surface area contributed by atoms with E-state index in [1.165, 1.54) is 25.7 Å². The Morgan fingerprint density at radius 2 is 1.90 bits per heavy atom. The van der Waals surface area contributed by atoms with Crippen LogP contribution < -0.4 is 11.1 Å². The van der Waals surface area contributed by atoms with Gasteiger partial charge in [0.05, 0.1) is 0 Å². The first-order valence-corrected chi connectivity index (χ1v) is 7.44. The number of anilines is 2. The van der Waals surface area contributed by atoms with Crippen molar-refractivity contribution in [2.75, 3.05) is 11.1 Å². The number of hydrogen-bond donors (Lipinski definition) is 2. The highest BCUT2D eigenvalue weighted by molar-refractivity contribution is 6.00. The van der Waals surface area contributed by atoms with Gasteiger partial charge < -0.3 is 11.1 Å². The van der Waals surface area contributed by atoms with Crippen LogP contribution >= 0.6 is 0 Å². The topological polar surface area (TPSA) is 50.9 Å². The first-order valence-electron chi connectivity index (χ1n) is 7.44. The van der Waals surface area contributed by atoms with Crippen LogP contribution in [-0.4, -0.2) is 11.0 Å². The quantitative estimate of drug-likeness (QED) is 0.803. The maximum absolute atomic E-state index is 6.04. The van der Waals surface area contributed by atoms with Crippen molar-refractivity contribution < 1.29 is 0 Å². The van der Waals surface area contributed by atoms with Gasteiger partial charge in [-0.15, -0.1) is 0 Å². The Kier molecular flexibility index (Phi) is 3.28. The highest BCUT2D eigenvalue weighted by atomic mass is 14.9. The molecule has 1 fully saturated rings. The summed E-state index contributed by atoms with van der Waals surface area (Å²) in [7, 11) is 0. The van der Waals surface area contributed by atoms with Gasteiger partial charge in [0, 0.05) is 40.6 Å². The third-order valence-electron chi connectivity index (χ3n) is 4.55. The van der Waals surface area contributed by atoms with Crippen molar-refractivity contribution >= 4 is 22.1 Å². The number of nitrogens with two attached hydrogens (primary N) is 1. The predicted octanol–water partition coefficient (Wildman–Crippen LogP) is 4.20. The van der Waals surface area contributed by atoms with Crippen molar-refractivity contribution in [2.24, 2.45) is 5.41 Å². The maximum atomic E-state index is 6.04. The molecule has 3 nitrogen and oxygen atoms in total. The molecule has 0 radical (unpaired) electrons. The van der Waals surface area contributed by atoms with Crippen LogP contribution in [0.2, 0.25) is 0 Å². The molecule has 1 aliphatic carbocycles. The van der Waals surface area contributed by atoms with E-state index < -0.39 is 0 Å². The fraction of sp³-hybridized carbons (Fsp3) is 0.471. The van der Waals surface area contributed by atoms with Crippen LogP contribution in [0.3, 0.4) is 0 Å². The maximum Gasteiger partial charge on any atom is 0.0439 e. The van der Waals surface area contributed by atoms with Crippen molar-refractivity contribution in [3.05, 3.63) is 30.6 Å². The summed E-state index contributed by atoms with van der Waals surface area (Å²) in [6.45, 7) is 4.73. The highest BCUT2D eigenvalue weighted by Crippen LogP contribution is 2.37. The Labute approximate surface area is 120 Å². The first-order chi connectivity index (χ1) is 9.55. The second-order valence-corrected chi connectivity index (χ2v) is 6.71. The number of fused-ring (bicyclic) bond motifs is 1. The van der Waals surface area contributed by atoms with Gasteiger partial charge in [-0.2, -0.15) is 0 Å². The molecule has 1 heterocycles. The van der Waals surface area contributed by atoms with Crippen LogP contribution in [-0.2, 0) is 0 Å². The molecule has 1 aromatic carbocycles. The summed E-state index contributed by atoms with van der Waals surface area (Å²) in [5.74, 6) is 0. The molecule has 2 aromatic rings. The summed E-state index contributed by atoms with van der Waals surface area (Å²) >= 11 is 0. The highest BCUT2D eigenvalue weighted by Gasteiger charge is 2.26. The summed E-state index contributed by atoms with van der Waals surface area (Å²) in [6, 6.07) is 6.62. The fourth-order valence-electron chi connectivity index (χ4n) is 3.10. The van der Waals surface area contributed by atoms with E-state index in [0.717, 1.165) is 22.1 Å².